The molecule has 1 aliphatic rings. The maximum absolute atomic E-state index is 12.3. The van der Waals surface area contributed by atoms with Crippen LogP contribution in [-0.4, -0.2) is 55.2 Å². The summed E-state index contributed by atoms with van der Waals surface area (Å²) in [5.74, 6) is 0.0681. The van der Waals surface area contributed by atoms with Gasteiger partial charge in [0.25, 0.3) is 0 Å². The van der Waals surface area contributed by atoms with Gasteiger partial charge in [-0.15, -0.1) is 0 Å². The smallest absolute Gasteiger partial charge is 0.407 e. The second-order valence-corrected chi connectivity index (χ2v) is 5.03. The zero-order valence-electron chi connectivity index (χ0n) is 11.6. The third-order valence-electron chi connectivity index (χ3n) is 3.14. The lowest BCUT2D eigenvalue weighted by Crippen LogP contribution is -2.54. The van der Waals surface area contributed by atoms with Crippen molar-refractivity contribution in [1.82, 2.24) is 15.5 Å². The van der Waals surface area contributed by atoms with Gasteiger partial charge in [-0.2, -0.15) is 0 Å². The second-order valence-electron chi connectivity index (χ2n) is 5.03. The number of likely N-dealkylation sites (N-methyl/N-ethyl adjacent to an activating group) is 1. The van der Waals surface area contributed by atoms with Crippen LogP contribution in [0.4, 0.5) is 4.79 Å². The number of likely N-dealkylation sites (tertiary alicyclic amines) is 1. The molecule has 18 heavy (non-hydrogen) atoms. The Labute approximate surface area is 108 Å². The maximum atomic E-state index is 12.3. The Kier molecular flexibility index (Phi) is 4.95. The Morgan fingerprint density at radius 1 is 1.44 bits per heavy atom. The van der Waals surface area contributed by atoms with E-state index >= 15 is 0 Å². The number of carbonyl (C=O) groups is 2. The largest absolute Gasteiger partial charge is 0.453 e. The van der Waals surface area contributed by atoms with Gasteiger partial charge >= 0.3 is 6.09 Å². The van der Waals surface area contributed by atoms with Gasteiger partial charge in [0, 0.05) is 13.1 Å². The summed E-state index contributed by atoms with van der Waals surface area (Å²) in [6.45, 7) is 7.68. The minimum atomic E-state index is -0.561. The van der Waals surface area contributed by atoms with Crippen LogP contribution >= 0.6 is 0 Å². The van der Waals surface area contributed by atoms with E-state index in [0.29, 0.717) is 13.1 Å². The summed E-state index contributed by atoms with van der Waals surface area (Å²) in [4.78, 5) is 25.2. The number of rotatable bonds is 4. The molecule has 0 aromatic carbocycles. The minimum Gasteiger partial charge on any atom is -0.453 e. The van der Waals surface area contributed by atoms with Gasteiger partial charge in [-0.1, -0.05) is 6.92 Å². The molecule has 1 aliphatic heterocycles. The molecule has 6 heteroatoms. The number of nitrogens with zero attached hydrogens (tertiary/aromatic N) is 1. The van der Waals surface area contributed by atoms with Gasteiger partial charge in [0.1, 0.15) is 0 Å². The van der Waals surface area contributed by atoms with Crippen LogP contribution < -0.4 is 10.6 Å². The van der Waals surface area contributed by atoms with Gasteiger partial charge in [-0.25, -0.2) is 4.79 Å². The molecule has 1 rings (SSSR count). The molecule has 104 valence electrons. The van der Waals surface area contributed by atoms with Crippen LogP contribution in [0.15, 0.2) is 0 Å². The fourth-order valence-electron chi connectivity index (χ4n) is 2.20. The first-order valence-electron chi connectivity index (χ1n) is 6.29. The van der Waals surface area contributed by atoms with Crippen LogP contribution in [0.1, 0.15) is 27.2 Å². The van der Waals surface area contributed by atoms with Gasteiger partial charge in [0.05, 0.1) is 18.7 Å². The third-order valence-corrected chi connectivity index (χ3v) is 3.14. The molecule has 1 heterocycles. The molecule has 1 saturated heterocycles. The molecular weight excluding hydrogens is 234 g/mol. The molecule has 0 aromatic rings. The number of amides is 2. The van der Waals surface area contributed by atoms with E-state index in [4.69, 9.17) is 0 Å². The predicted molar refractivity (Wildman–Crippen MR) is 68.3 cm³/mol. The quantitative estimate of drug-likeness (QED) is 0.761. The molecule has 2 amide bonds. The molecule has 1 atom stereocenters. The third kappa shape index (κ3) is 3.60. The number of alkyl carbamates (subject to hydrolysis) is 1. The predicted octanol–water partition coefficient (Wildman–Crippen LogP) is 0.331. The highest BCUT2D eigenvalue weighted by Gasteiger charge is 2.35. The van der Waals surface area contributed by atoms with E-state index in [1.807, 2.05) is 20.8 Å². The molecule has 1 unspecified atom stereocenters. The average molecular weight is 257 g/mol. The lowest BCUT2D eigenvalue weighted by molar-refractivity contribution is -0.136. The van der Waals surface area contributed by atoms with E-state index in [9.17, 15) is 9.59 Å². The maximum Gasteiger partial charge on any atom is 0.407 e. The van der Waals surface area contributed by atoms with E-state index in [0.717, 1.165) is 13.0 Å². The summed E-state index contributed by atoms with van der Waals surface area (Å²) in [5, 5.41) is 5.88. The van der Waals surface area contributed by atoms with Gasteiger partial charge in [0.15, 0.2) is 0 Å². The Morgan fingerprint density at radius 3 is 2.67 bits per heavy atom. The Hall–Kier alpha value is -1.30. The number of ether oxygens (including phenoxy) is 1. The van der Waals surface area contributed by atoms with Crippen LogP contribution in [0.5, 0.6) is 0 Å². The summed E-state index contributed by atoms with van der Waals surface area (Å²) in [5.41, 5.74) is -0.561. The van der Waals surface area contributed by atoms with Crippen molar-refractivity contribution in [3.05, 3.63) is 0 Å². The summed E-state index contributed by atoms with van der Waals surface area (Å²) in [7, 11) is 1.33. The molecule has 0 aliphatic carbocycles. The first-order chi connectivity index (χ1) is 8.40. The van der Waals surface area contributed by atoms with Crippen LogP contribution in [0, 0.1) is 0 Å². The van der Waals surface area contributed by atoms with Crippen molar-refractivity contribution in [3.63, 3.8) is 0 Å². The summed E-state index contributed by atoms with van der Waals surface area (Å²) in [6, 6.07) is -0.0150. The Bertz CT molecular complexity index is 318. The highest BCUT2D eigenvalue weighted by molar-refractivity contribution is 5.85. The van der Waals surface area contributed by atoms with Crippen molar-refractivity contribution in [2.24, 2.45) is 0 Å². The molecule has 0 radical (unpaired) electrons. The zero-order chi connectivity index (χ0) is 13.8. The van der Waals surface area contributed by atoms with E-state index < -0.39 is 11.6 Å². The average Bonchev–Trinajstić information content (AvgIpc) is 2.76. The van der Waals surface area contributed by atoms with Crippen molar-refractivity contribution in [1.29, 1.82) is 0 Å². The molecule has 0 bridgehead atoms. The van der Waals surface area contributed by atoms with Crippen molar-refractivity contribution < 1.29 is 14.3 Å². The van der Waals surface area contributed by atoms with Gasteiger partial charge < -0.3 is 20.3 Å². The summed E-state index contributed by atoms with van der Waals surface area (Å²) < 4.78 is 4.55. The van der Waals surface area contributed by atoms with Gasteiger partial charge in [-0.05, 0) is 26.8 Å². The van der Waals surface area contributed by atoms with E-state index in [1.54, 1.807) is 4.90 Å². The molecule has 2 N–H and O–H groups in total. The van der Waals surface area contributed by atoms with E-state index in [-0.39, 0.29) is 11.9 Å². The topological polar surface area (TPSA) is 70.7 Å². The van der Waals surface area contributed by atoms with E-state index in [1.165, 1.54) is 7.11 Å². The summed E-state index contributed by atoms with van der Waals surface area (Å²) >= 11 is 0. The lowest BCUT2D eigenvalue weighted by Gasteiger charge is -2.30. The Balaban J connectivity index is 2.51. The van der Waals surface area contributed by atoms with Crippen molar-refractivity contribution >= 4 is 12.0 Å². The van der Waals surface area contributed by atoms with Crippen LogP contribution in [0.3, 0.4) is 0 Å². The van der Waals surface area contributed by atoms with Crippen molar-refractivity contribution in [2.75, 3.05) is 26.7 Å². The van der Waals surface area contributed by atoms with Crippen molar-refractivity contribution in [2.45, 2.75) is 38.8 Å². The minimum absolute atomic E-state index is 0.0150. The molecule has 6 nitrogen and oxygen atoms in total. The monoisotopic (exact) mass is 257 g/mol. The lowest BCUT2D eigenvalue weighted by atomic mass is 10.0. The number of carbonyl (C=O) groups excluding carboxylic acids is 2. The van der Waals surface area contributed by atoms with Crippen LogP contribution in [0.2, 0.25) is 0 Å². The van der Waals surface area contributed by atoms with Crippen molar-refractivity contribution in [3.8, 4) is 0 Å². The van der Waals surface area contributed by atoms with E-state index in [2.05, 4.69) is 15.4 Å². The fraction of sp³-hybridized carbons (Fsp3) is 0.833. The first kappa shape index (κ1) is 14.8. The van der Waals surface area contributed by atoms with Gasteiger partial charge in [0.2, 0.25) is 5.91 Å². The normalized spacial score (nSPS) is 19.8. The number of hydrogen-bond donors (Lipinski definition) is 2. The molecule has 0 aromatic heterocycles. The van der Waals surface area contributed by atoms with Gasteiger partial charge in [-0.3, -0.25) is 4.79 Å². The van der Waals surface area contributed by atoms with Crippen LogP contribution in [-0.2, 0) is 9.53 Å². The molecule has 0 saturated carbocycles. The molecular formula is C12H23N3O3. The number of hydrogen-bond acceptors (Lipinski definition) is 4. The molecule has 0 spiro atoms. The second kappa shape index (κ2) is 6.04. The highest BCUT2D eigenvalue weighted by Crippen LogP contribution is 2.15. The fourth-order valence-corrected chi connectivity index (χ4v) is 2.20. The Morgan fingerprint density at radius 2 is 2.11 bits per heavy atom. The number of methoxy groups -OCH3 is 1. The number of nitrogens with one attached hydrogen (secondary N) is 2. The summed E-state index contributed by atoms with van der Waals surface area (Å²) in [6.07, 6.45) is 0.323. The highest BCUT2D eigenvalue weighted by atomic mass is 16.5. The first-order valence-corrected chi connectivity index (χ1v) is 6.29. The van der Waals surface area contributed by atoms with Crippen LogP contribution in [0.25, 0.3) is 0 Å². The standard InChI is InChI=1S/C12H23N3O3/c1-5-13-12(2,3)10(16)15-7-6-9(8-15)14-11(17)18-4/h9,13H,5-8H2,1-4H3,(H,14,17). The zero-order valence-corrected chi connectivity index (χ0v) is 11.6. The SMILES string of the molecule is CCNC(C)(C)C(=O)N1CCC(NC(=O)OC)C1. The molecule has 1 fully saturated rings.